The van der Waals surface area contributed by atoms with E-state index in [1.165, 1.54) is 6.08 Å². The summed E-state index contributed by atoms with van der Waals surface area (Å²) in [7, 11) is 0. The quantitative estimate of drug-likeness (QED) is 0.632. The first-order valence-electron chi connectivity index (χ1n) is 3.46. The summed E-state index contributed by atoms with van der Waals surface area (Å²) >= 11 is 4.51. The third-order valence-electron chi connectivity index (χ3n) is 1.42. The molecule has 0 fully saturated rings. The van der Waals surface area contributed by atoms with Gasteiger partial charge in [-0.25, -0.2) is 0 Å². The van der Waals surface area contributed by atoms with Crippen molar-refractivity contribution in [1.29, 1.82) is 0 Å². The summed E-state index contributed by atoms with van der Waals surface area (Å²) in [6.45, 7) is 0.296. The molecular weight excluding hydrogens is 190 g/mol. The monoisotopic (exact) mass is 196 g/mol. The number of ether oxygens (including phenoxy) is 1. The first kappa shape index (κ1) is 9.45. The van der Waals surface area contributed by atoms with Crippen LogP contribution in [0.5, 0.6) is 0 Å². The van der Waals surface area contributed by atoms with Crippen molar-refractivity contribution in [3.05, 3.63) is 11.8 Å². The summed E-state index contributed by atoms with van der Waals surface area (Å²) in [4.78, 5) is 10.7. The van der Waals surface area contributed by atoms with Crippen molar-refractivity contribution >= 4 is 17.4 Å². The molecule has 0 radical (unpaired) electrons. The molecule has 0 bridgehead atoms. The molecule has 0 spiro atoms. The average molecular weight is 197 g/mol. The highest BCUT2D eigenvalue weighted by molar-refractivity contribution is 6.34. The van der Waals surface area contributed by atoms with Gasteiger partial charge in [0.1, 0.15) is 0 Å². The van der Waals surface area contributed by atoms with Crippen molar-refractivity contribution < 1.29 is 18.3 Å². The molecule has 0 aliphatic carbocycles. The fraction of sp³-hybridized carbons (Fsp3) is 0.571. The van der Waals surface area contributed by atoms with Crippen molar-refractivity contribution in [2.24, 2.45) is 0 Å². The van der Waals surface area contributed by atoms with Gasteiger partial charge >= 0.3 is 5.38 Å². The van der Waals surface area contributed by atoms with Crippen LogP contribution in [0.4, 0.5) is 8.78 Å². The molecule has 2 nitrogen and oxygen atoms in total. The van der Waals surface area contributed by atoms with Gasteiger partial charge in [-0.15, -0.1) is 0 Å². The second-order valence-electron chi connectivity index (χ2n) is 2.39. The standard InChI is InChI=1S/C7H7ClF2O2/c8-7(9,10)6(11)5-3-1-2-4-12-5/h3H,1-2,4H2. The minimum Gasteiger partial charge on any atom is -0.490 e. The fourth-order valence-corrected chi connectivity index (χ4v) is 0.949. The lowest BCUT2D eigenvalue weighted by molar-refractivity contribution is -0.133. The Labute approximate surface area is 73.1 Å². The Balaban J connectivity index is 2.70. The van der Waals surface area contributed by atoms with Gasteiger partial charge in [0.05, 0.1) is 6.61 Å². The molecule has 0 unspecified atom stereocenters. The van der Waals surface area contributed by atoms with Gasteiger partial charge in [-0.3, -0.25) is 4.79 Å². The predicted octanol–water partition coefficient (Wildman–Crippen LogP) is 2.08. The number of allylic oxidation sites excluding steroid dienone is 2. The summed E-state index contributed by atoms with van der Waals surface area (Å²) < 4.78 is 29.1. The lowest BCUT2D eigenvalue weighted by Gasteiger charge is -2.15. The molecular formula is C7H7ClF2O2. The molecule has 1 rings (SSSR count). The van der Waals surface area contributed by atoms with Gasteiger partial charge in [-0.05, 0) is 30.5 Å². The number of hydrogen-bond acceptors (Lipinski definition) is 2. The largest absolute Gasteiger partial charge is 0.490 e. The van der Waals surface area contributed by atoms with Crippen molar-refractivity contribution in [3.8, 4) is 0 Å². The van der Waals surface area contributed by atoms with Gasteiger partial charge in [-0.1, -0.05) is 0 Å². The van der Waals surface area contributed by atoms with E-state index in [0.717, 1.165) is 6.42 Å². The van der Waals surface area contributed by atoms with E-state index in [2.05, 4.69) is 11.6 Å². The lowest BCUT2D eigenvalue weighted by atomic mass is 10.2. The van der Waals surface area contributed by atoms with Gasteiger partial charge in [0.2, 0.25) is 0 Å². The molecule has 5 heteroatoms. The second-order valence-corrected chi connectivity index (χ2v) is 2.86. The third kappa shape index (κ3) is 2.17. The van der Waals surface area contributed by atoms with Crippen LogP contribution in [0.15, 0.2) is 11.8 Å². The Morgan fingerprint density at radius 2 is 2.33 bits per heavy atom. The smallest absolute Gasteiger partial charge is 0.388 e. The van der Waals surface area contributed by atoms with Crippen molar-refractivity contribution in [2.75, 3.05) is 6.61 Å². The Bertz CT molecular complexity index is 220. The van der Waals surface area contributed by atoms with Crippen LogP contribution >= 0.6 is 11.6 Å². The number of ketones is 1. The van der Waals surface area contributed by atoms with Crippen LogP contribution in [0.25, 0.3) is 0 Å². The first-order chi connectivity index (χ1) is 5.52. The Morgan fingerprint density at radius 3 is 2.75 bits per heavy atom. The van der Waals surface area contributed by atoms with Crippen LogP contribution < -0.4 is 0 Å². The van der Waals surface area contributed by atoms with E-state index in [9.17, 15) is 13.6 Å². The van der Waals surface area contributed by atoms with Crippen molar-refractivity contribution in [1.82, 2.24) is 0 Å². The van der Waals surface area contributed by atoms with Crippen LogP contribution in [-0.2, 0) is 9.53 Å². The summed E-state index contributed by atoms with van der Waals surface area (Å²) in [6, 6.07) is 0. The number of hydrogen-bond donors (Lipinski definition) is 0. The van der Waals surface area contributed by atoms with Gasteiger partial charge in [0.15, 0.2) is 5.76 Å². The van der Waals surface area contributed by atoms with Gasteiger partial charge in [0, 0.05) is 0 Å². The minimum atomic E-state index is -3.84. The normalized spacial score (nSPS) is 18.1. The summed E-state index contributed by atoms with van der Waals surface area (Å²) in [5.41, 5.74) is 0. The Kier molecular flexibility index (Phi) is 2.67. The van der Waals surface area contributed by atoms with E-state index in [1.54, 1.807) is 0 Å². The molecule has 1 aliphatic heterocycles. The first-order valence-corrected chi connectivity index (χ1v) is 3.84. The van der Waals surface area contributed by atoms with Crippen molar-refractivity contribution in [2.45, 2.75) is 18.2 Å². The highest BCUT2D eigenvalue weighted by Gasteiger charge is 2.39. The topological polar surface area (TPSA) is 26.3 Å². The van der Waals surface area contributed by atoms with Gasteiger partial charge in [-0.2, -0.15) is 8.78 Å². The van der Waals surface area contributed by atoms with Crippen LogP contribution in [0.2, 0.25) is 0 Å². The Hall–Kier alpha value is -0.640. The molecule has 0 N–H and O–H groups in total. The maximum Gasteiger partial charge on any atom is 0.388 e. The number of Topliss-reactive ketones (excluding diaryl/α,β-unsaturated/α-hetero) is 1. The summed E-state index contributed by atoms with van der Waals surface area (Å²) in [5, 5.41) is -3.84. The number of halogens is 3. The minimum absolute atomic E-state index is 0.296. The van der Waals surface area contributed by atoms with Crippen LogP contribution in [0, 0.1) is 0 Å². The van der Waals surface area contributed by atoms with E-state index in [-0.39, 0.29) is 5.76 Å². The SMILES string of the molecule is O=C(C1=CCCCO1)C(F)(F)Cl. The molecule has 0 amide bonds. The van der Waals surface area contributed by atoms with Crippen LogP contribution in [0.1, 0.15) is 12.8 Å². The molecule has 0 aromatic carbocycles. The van der Waals surface area contributed by atoms with E-state index in [0.29, 0.717) is 13.0 Å². The zero-order valence-corrected chi connectivity index (χ0v) is 6.90. The van der Waals surface area contributed by atoms with Gasteiger partial charge < -0.3 is 4.74 Å². The molecule has 0 aromatic rings. The lowest BCUT2D eigenvalue weighted by Crippen LogP contribution is -2.25. The number of carbonyl (C=O) groups is 1. The summed E-state index contributed by atoms with van der Waals surface area (Å²) in [5.74, 6) is -1.77. The second kappa shape index (κ2) is 3.39. The maximum atomic E-state index is 12.2. The average Bonchev–Trinajstić information content (AvgIpc) is 2.03. The molecule has 0 aromatic heterocycles. The van der Waals surface area contributed by atoms with Crippen LogP contribution in [0.3, 0.4) is 0 Å². The number of rotatable bonds is 2. The zero-order valence-electron chi connectivity index (χ0n) is 6.15. The van der Waals surface area contributed by atoms with Crippen molar-refractivity contribution in [3.63, 3.8) is 0 Å². The highest BCUT2D eigenvalue weighted by Crippen LogP contribution is 2.25. The highest BCUT2D eigenvalue weighted by atomic mass is 35.5. The molecule has 0 saturated carbocycles. The van der Waals surface area contributed by atoms with Gasteiger partial charge in [0.25, 0.3) is 5.78 Å². The Morgan fingerprint density at radius 1 is 1.67 bits per heavy atom. The molecule has 0 saturated heterocycles. The van der Waals surface area contributed by atoms with E-state index in [4.69, 9.17) is 4.74 Å². The summed E-state index contributed by atoms with van der Waals surface area (Å²) in [6.07, 6.45) is 2.65. The van der Waals surface area contributed by atoms with Crippen LogP contribution in [-0.4, -0.2) is 17.8 Å². The predicted molar refractivity (Wildman–Crippen MR) is 39.1 cm³/mol. The maximum absolute atomic E-state index is 12.2. The molecule has 1 heterocycles. The fourth-order valence-electron chi connectivity index (χ4n) is 0.855. The van der Waals surface area contributed by atoms with E-state index in [1.807, 2.05) is 0 Å². The molecule has 0 atom stereocenters. The molecule has 12 heavy (non-hydrogen) atoms. The number of alkyl halides is 3. The van der Waals surface area contributed by atoms with E-state index >= 15 is 0 Å². The van der Waals surface area contributed by atoms with E-state index < -0.39 is 11.2 Å². The molecule has 1 aliphatic rings. The number of carbonyl (C=O) groups excluding carboxylic acids is 1. The third-order valence-corrected chi connectivity index (χ3v) is 1.59. The molecule has 68 valence electrons. The zero-order chi connectivity index (χ0) is 9.19.